The van der Waals surface area contributed by atoms with E-state index in [1.54, 1.807) is 51.8 Å². The number of aromatic amines is 1. The molecule has 0 saturated carbocycles. The number of ketones is 1. The van der Waals surface area contributed by atoms with E-state index in [0.29, 0.717) is 45.0 Å². The topological polar surface area (TPSA) is 112 Å². The van der Waals surface area contributed by atoms with E-state index in [1.165, 1.54) is 0 Å². The third kappa shape index (κ3) is 3.30. The van der Waals surface area contributed by atoms with Gasteiger partial charge in [0, 0.05) is 33.5 Å². The number of hydrogen-bond donors (Lipinski definition) is 1. The molecule has 9 heteroatoms. The summed E-state index contributed by atoms with van der Waals surface area (Å²) >= 11 is 0. The number of hydrogen-bond acceptors (Lipinski definition) is 8. The van der Waals surface area contributed by atoms with Crippen LogP contribution in [-0.4, -0.2) is 52.7 Å². The first-order chi connectivity index (χ1) is 16.2. The van der Waals surface area contributed by atoms with Crippen LogP contribution in [0.1, 0.15) is 16.1 Å². The van der Waals surface area contributed by atoms with E-state index in [-0.39, 0.29) is 11.5 Å². The first-order valence-corrected chi connectivity index (χ1v) is 10.1. The van der Waals surface area contributed by atoms with Crippen molar-refractivity contribution in [1.82, 2.24) is 25.6 Å². The van der Waals surface area contributed by atoms with Crippen molar-refractivity contribution in [3.63, 3.8) is 0 Å². The number of carbonyl (C=O) groups is 1. The molecule has 0 aliphatic carbocycles. The molecule has 0 unspecified atom stereocenters. The maximum atomic E-state index is 13.8. The van der Waals surface area contributed by atoms with Gasteiger partial charge in [-0.05, 0) is 40.1 Å². The van der Waals surface area contributed by atoms with Crippen LogP contribution in [0.5, 0.6) is 17.2 Å². The Bertz CT molecular complexity index is 1500. The first kappa shape index (κ1) is 20.4. The summed E-state index contributed by atoms with van der Waals surface area (Å²) in [4.78, 5) is 18.3. The molecule has 3 aromatic carbocycles. The van der Waals surface area contributed by atoms with Crippen molar-refractivity contribution in [2.45, 2.75) is 0 Å². The van der Waals surface area contributed by atoms with Crippen LogP contribution in [0.3, 0.4) is 0 Å². The second-order valence-electron chi connectivity index (χ2n) is 7.21. The molecule has 0 amide bonds. The highest BCUT2D eigenvalue weighted by Gasteiger charge is 2.22. The standard InChI is InChI=1S/C24H19N5O4/c1-31-19-9-8-15(13-6-4-5-7-14(13)19)23(30)22-17-11-21(33-3)20(32-2)10-16(17)18(12-25-22)24-26-28-29-27-24/h4-12H,1-3H3,(H,26,27,28,29). The van der Waals surface area contributed by atoms with Gasteiger partial charge in [-0.25, -0.2) is 5.10 Å². The monoisotopic (exact) mass is 441 g/mol. The van der Waals surface area contributed by atoms with Crippen LogP contribution in [0.15, 0.2) is 54.7 Å². The summed E-state index contributed by atoms with van der Waals surface area (Å²) < 4.78 is 16.4. The minimum absolute atomic E-state index is 0.228. The van der Waals surface area contributed by atoms with Crippen molar-refractivity contribution in [3.05, 3.63) is 66.0 Å². The van der Waals surface area contributed by atoms with E-state index in [1.807, 2.05) is 24.3 Å². The van der Waals surface area contributed by atoms with Gasteiger partial charge in [0.15, 0.2) is 17.3 Å². The smallest absolute Gasteiger partial charge is 0.212 e. The van der Waals surface area contributed by atoms with Gasteiger partial charge in [-0.3, -0.25) is 9.78 Å². The number of benzene rings is 3. The van der Waals surface area contributed by atoms with E-state index < -0.39 is 0 Å². The van der Waals surface area contributed by atoms with Gasteiger partial charge in [0.25, 0.3) is 0 Å². The van der Waals surface area contributed by atoms with Crippen LogP contribution in [0.2, 0.25) is 0 Å². The summed E-state index contributed by atoms with van der Waals surface area (Å²) in [5, 5.41) is 17.0. The van der Waals surface area contributed by atoms with E-state index in [2.05, 4.69) is 25.6 Å². The normalized spacial score (nSPS) is 11.0. The number of rotatable bonds is 6. The second kappa shape index (κ2) is 8.19. The highest BCUT2D eigenvalue weighted by Crippen LogP contribution is 2.38. The van der Waals surface area contributed by atoms with Gasteiger partial charge in [-0.1, -0.05) is 24.3 Å². The Labute approximate surface area is 188 Å². The quantitative estimate of drug-likeness (QED) is 0.396. The Morgan fingerprint density at radius 1 is 0.818 bits per heavy atom. The maximum absolute atomic E-state index is 13.8. The molecule has 5 rings (SSSR count). The fourth-order valence-electron chi connectivity index (χ4n) is 3.98. The fourth-order valence-corrected chi connectivity index (χ4v) is 3.98. The fraction of sp³-hybridized carbons (Fsp3) is 0.125. The average molecular weight is 441 g/mol. The van der Waals surface area contributed by atoms with Crippen LogP contribution in [0.25, 0.3) is 32.9 Å². The van der Waals surface area contributed by atoms with Gasteiger partial charge in [0.1, 0.15) is 11.4 Å². The Kier molecular flexibility index (Phi) is 5.06. The molecule has 0 atom stereocenters. The van der Waals surface area contributed by atoms with Gasteiger partial charge < -0.3 is 14.2 Å². The molecule has 5 aromatic rings. The molecule has 0 bridgehead atoms. The highest BCUT2D eigenvalue weighted by atomic mass is 16.5. The maximum Gasteiger partial charge on any atom is 0.212 e. The van der Waals surface area contributed by atoms with Crippen molar-refractivity contribution in [1.29, 1.82) is 0 Å². The Morgan fingerprint density at radius 2 is 1.52 bits per heavy atom. The van der Waals surface area contributed by atoms with Crippen LogP contribution < -0.4 is 14.2 Å². The zero-order chi connectivity index (χ0) is 22.9. The van der Waals surface area contributed by atoms with Crippen molar-refractivity contribution >= 4 is 27.3 Å². The van der Waals surface area contributed by atoms with E-state index in [0.717, 1.165) is 10.8 Å². The highest BCUT2D eigenvalue weighted by molar-refractivity contribution is 6.22. The van der Waals surface area contributed by atoms with Crippen molar-refractivity contribution in [2.75, 3.05) is 21.3 Å². The average Bonchev–Trinajstić information content (AvgIpc) is 3.40. The Hall–Kier alpha value is -4.53. The number of methoxy groups -OCH3 is 3. The van der Waals surface area contributed by atoms with Crippen molar-refractivity contribution in [3.8, 4) is 28.6 Å². The van der Waals surface area contributed by atoms with Crippen molar-refractivity contribution in [2.24, 2.45) is 0 Å². The second-order valence-corrected chi connectivity index (χ2v) is 7.21. The summed E-state index contributed by atoms with van der Waals surface area (Å²) in [5.41, 5.74) is 1.42. The van der Waals surface area contributed by atoms with E-state index in [4.69, 9.17) is 14.2 Å². The number of nitrogens with zero attached hydrogens (tertiary/aromatic N) is 4. The number of carbonyl (C=O) groups excluding carboxylic acids is 1. The molecule has 0 saturated heterocycles. The SMILES string of the molecule is COc1cc2c(-c3nnn[nH]3)cnc(C(=O)c3ccc(OC)c4ccccc34)c2cc1OC. The molecule has 0 aliphatic rings. The van der Waals surface area contributed by atoms with E-state index >= 15 is 0 Å². The lowest BCUT2D eigenvalue weighted by Gasteiger charge is -2.14. The minimum Gasteiger partial charge on any atom is -0.496 e. The number of ether oxygens (including phenoxy) is 3. The lowest BCUT2D eigenvalue weighted by Crippen LogP contribution is -2.07. The Morgan fingerprint density at radius 3 is 2.18 bits per heavy atom. The molecule has 164 valence electrons. The minimum atomic E-state index is -0.228. The van der Waals surface area contributed by atoms with Crippen LogP contribution in [-0.2, 0) is 0 Å². The predicted molar refractivity (Wildman–Crippen MR) is 122 cm³/mol. The number of aromatic nitrogens is 5. The molecular formula is C24H19N5O4. The molecule has 0 aliphatic heterocycles. The van der Waals surface area contributed by atoms with Crippen LogP contribution in [0, 0.1) is 0 Å². The summed E-state index contributed by atoms with van der Waals surface area (Å²) in [7, 11) is 4.70. The number of tetrazole rings is 1. The predicted octanol–water partition coefficient (Wildman–Crippen LogP) is 3.82. The Balaban J connectivity index is 1.78. The molecule has 33 heavy (non-hydrogen) atoms. The lowest BCUT2D eigenvalue weighted by atomic mass is 9.95. The van der Waals surface area contributed by atoms with Gasteiger partial charge in [-0.2, -0.15) is 0 Å². The summed E-state index contributed by atoms with van der Waals surface area (Å²) in [6.07, 6.45) is 1.58. The number of nitrogens with one attached hydrogen (secondary N) is 1. The molecule has 0 radical (unpaired) electrons. The first-order valence-electron chi connectivity index (χ1n) is 10.1. The molecular weight excluding hydrogens is 422 g/mol. The molecule has 0 spiro atoms. The van der Waals surface area contributed by atoms with Crippen molar-refractivity contribution < 1.29 is 19.0 Å². The van der Waals surface area contributed by atoms with Gasteiger partial charge in [0.05, 0.1) is 21.3 Å². The summed E-state index contributed by atoms with van der Waals surface area (Å²) in [6, 6.07) is 14.7. The third-order valence-electron chi connectivity index (χ3n) is 5.56. The molecule has 1 N–H and O–H groups in total. The lowest BCUT2D eigenvalue weighted by molar-refractivity contribution is 0.103. The third-order valence-corrected chi connectivity index (χ3v) is 5.56. The largest absolute Gasteiger partial charge is 0.496 e. The molecule has 0 fully saturated rings. The van der Waals surface area contributed by atoms with Crippen LogP contribution >= 0.6 is 0 Å². The van der Waals surface area contributed by atoms with Crippen LogP contribution in [0.4, 0.5) is 0 Å². The number of fused-ring (bicyclic) bond motifs is 2. The van der Waals surface area contributed by atoms with Gasteiger partial charge in [-0.15, -0.1) is 5.10 Å². The molecule has 2 heterocycles. The number of H-pyrrole nitrogens is 1. The summed E-state index contributed by atoms with van der Waals surface area (Å²) in [6.45, 7) is 0. The number of pyridine rings is 1. The zero-order valence-electron chi connectivity index (χ0n) is 18.1. The summed E-state index contributed by atoms with van der Waals surface area (Å²) in [5.74, 6) is 1.88. The molecule has 2 aromatic heterocycles. The molecule has 9 nitrogen and oxygen atoms in total. The van der Waals surface area contributed by atoms with Gasteiger partial charge >= 0.3 is 0 Å². The zero-order valence-corrected chi connectivity index (χ0v) is 18.1. The van der Waals surface area contributed by atoms with E-state index in [9.17, 15) is 4.79 Å². The van der Waals surface area contributed by atoms with Gasteiger partial charge in [0.2, 0.25) is 5.78 Å².